The number of pyridine rings is 1. The summed E-state index contributed by atoms with van der Waals surface area (Å²) in [5.41, 5.74) is 7.17. The molecular formula is C21H25N7O2. The molecule has 1 aliphatic heterocycles. The summed E-state index contributed by atoms with van der Waals surface area (Å²) in [6.07, 6.45) is 3.53. The van der Waals surface area contributed by atoms with Crippen LogP contribution in [-0.4, -0.2) is 37.8 Å². The number of anilines is 1. The Kier molecular flexibility index (Phi) is 5.18. The fraction of sp³-hybridized carbons (Fsp3) is 0.429. The average molecular weight is 407 g/mol. The molecule has 1 saturated heterocycles. The molecule has 1 aliphatic rings. The summed E-state index contributed by atoms with van der Waals surface area (Å²) in [6, 6.07) is 7.36. The first kappa shape index (κ1) is 19.9. The van der Waals surface area contributed by atoms with Gasteiger partial charge in [0.1, 0.15) is 17.4 Å². The fourth-order valence-electron chi connectivity index (χ4n) is 4.26. The summed E-state index contributed by atoms with van der Waals surface area (Å²) in [7, 11) is 1.66. The van der Waals surface area contributed by atoms with Crippen LogP contribution in [0.15, 0.2) is 34.0 Å². The predicted octanol–water partition coefficient (Wildman–Crippen LogP) is 0.764. The number of piperidine rings is 1. The highest BCUT2D eigenvalue weighted by atomic mass is 16.2. The molecule has 0 saturated carbocycles. The average Bonchev–Trinajstić information content (AvgIpc) is 3.15. The zero-order valence-corrected chi connectivity index (χ0v) is 17.2. The van der Waals surface area contributed by atoms with E-state index in [1.807, 2.05) is 17.6 Å². The van der Waals surface area contributed by atoms with Gasteiger partial charge < -0.3 is 15.2 Å². The maximum atomic E-state index is 13.4. The van der Waals surface area contributed by atoms with E-state index in [0.29, 0.717) is 28.8 Å². The molecule has 3 aromatic heterocycles. The molecular weight excluding hydrogens is 382 g/mol. The van der Waals surface area contributed by atoms with Crippen molar-refractivity contribution in [3.05, 3.63) is 56.5 Å². The minimum atomic E-state index is -0.433. The van der Waals surface area contributed by atoms with E-state index >= 15 is 0 Å². The van der Waals surface area contributed by atoms with Crippen LogP contribution in [-0.2, 0) is 20.1 Å². The summed E-state index contributed by atoms with van der Waals surface area (Å²) < 4.78 is 4.60. The SMILES string of the molecule is CCn1c(N2CCC[C@@H](N)C2)cc2c1c(=O)n(Cc1ncccc1C#N)c(=O)n2C. The van der Waals surface area contributed by atoms with Crippen molar-refractivity contribution in [2.24, 2.45) is 12.8 Å². The number of aryl methyl sites for hydroxylation is 2. The maximum absolute atomic E-state index is 13.4. The summed E-state index contributed by atoms with van der Waals surface area (Å²) in [4.78, 5) is 32.8. The minimum absolute atomic E-state index is 0.0516. The van der Waals surface area contributed by atoms with Crippen LogP contribution in [0.3, 0.4) is 0 Å². The molecule has 2 N–H and O–H groups in total. The van der Waals surface area contributed by atoms with E-state index in [0.717, 1.165) is 36.3 Å². The molecule has 0 aliphatic carbocycles. The van der Waals surface area contributed by atoms with Crippen LogP contribution in [0.5, 0.6) is 0 Å². The molecule has 1 fully saturated rings. The van der Waals surface area contributed by atoms with Crippen LogP contribution in [0.4, 0.5) is 5.82 Å². The second-order valence-corrected chi connectivity index (χ2v) is 7.67. The molecule has 0 unspecified atom stereocenters. The normalized spacial score (nSPS) is 16.7. The van der Waals surface area contributed by atoms with Gasteiger partial charge in [-0.25, -0.2) is 4.79 Å². The Hall–Kier alpha value is -3.38. The van der Waals surface area contributed by atoms with Crippen LogP contribution in [0.2, 0.25) is 0 Å². The van der Waals surface area contributed by atoms with Gasteiger partial charge in [-0.3, -0.25) is 18.9 Å². The zero-order chi connectivity index (χ0) is 21.4. The summed E-state index contributed by atoms with van der Waals surface area (Å²) in [5, 5.41) is 9.33. The lowest BCUT2D eigenvalue weighted by Gasteiger charge is -2.33. The van der Waals surface area contributed by atoms with Gasteiger partial charge >= 0.3 is 5.69 Å². The molecule has 0 spiro atoms. The standard InChI is InChI=1S/C21H25N7O2/c1-3-27-18(26-9-5-7-15(23)12-26)10-17-19(27)20(29)28(21(30)25(17)2)13-16-14(11-22)6-4-8-24-16/h4,6,8,10,15H,3,5,7,9,12-13,23H2,1-2H3/t15-/m1/s1. The van der Waals surface area contributed by atoms with Gasteiger partial charge in [0.15, 0.2) is 0 Å². The minimum Gasteiger partial charge on any atom is -0.356 e. The van der Waals surface area contributed by atoms with Crippen LogP contribution in [0.25, 0.3) is 11.0 Å². The number of hydrogen-bond donors (Lipinski definition) is 1. The third kappa shape index (κ3) is 3.19. The fourth-order valence-corrected chi connectivity index (χ4v) is 4.26. The molecule has 9 heteroatoms. The molecule has 0 aromatic carbocycles. The van der Waals surface area contributed by atoms with Crippen molar-refractivity contribution in [1.29, 1.82) is 5.26 Å². The van der Waals surface area contributed by atoms with Gasteiger partial charge in [0.05, 0.1) is 23.3 Å². The molecule has 156 valence electrons. The Morgan fingerprint density at radius 3 is 2.83 bits per heavy atom. The van der Waals surface area contributed by atoms with Crippen molar-refractivity contribution in [2.45, 2.75) is 38.9 Å². The van der Waals surface area contributed by atoms with Crippen molar-refractivity contribution in [3.63, 3.8) is 0 Å². The number of nitriles is 1. The van der Waals surface area contributed by atoms with Crippen molar-refractivity contribution >= 4 is 16.9 Å². The second-order valence-electron chi connectivity index (χ2n) is 7.67. The first-order valence-electron chi connectivity index (χ1n) is 10.1. The Balaban J connectivity index is 1.91. The number of aromatic nitrogens is 4. The molecule has 4 heterocycles. The highest BCUT2D eigenvalue weighted by molar-refractivity contribution is 5.81. The van der Waals surface area contributed by atoms with Gasteiger partial charge in [-0.15, -0.1) is 0 Å². The molecule has 1 atom stereocenters. The van der Waals surface area contributed by atoms with Crippen molar-refractivity contribution < 1.29 is 0 Å². The molecule has 30 heavy (non-hydrogen) atoms. The molecule has 0 bridgehead atoms. The number of fused-ring (bicyclic) bond motifs is 1. The topological polar surface area (TPSA) is 115 Å². The zero-order valence-electron chi connectivity index (χ0n) is 17.2. The summed E-state index contributed by atoms with van der Waals surface area (Å²) in [6.45, 7) is 4.10. The van der Waals surface area contributed by atoms with E-state index < -0.39 is 5.69 Å². The lowest BCUT2D eigenvalue weighted by atomic mass is 10.1. The Bertz CT molecular complexity index is 1260. The van der Waals surface area contributed by atoms with Crippen LogP contribution in [0.1, 0.15) is 31.0 Å². The Morgan fingerprint density at radius 1 is 1.33 bits per heavy atom. The predicted molar refractivity (Wildman–Crippen MR) is 115 cm³/mol. The van der Waals surface area contributed by atoms with Gasteiger partial charge in [0, 0.05) is 45.0 Å². The Labute approximate surface area is 173 Å². The monoisotopic (exact) mass is 407 g/mol. The van der Waals surface area contributed by atoms with Gasteiger partial charge in [-0.2, -0.15) is 5.26 Å². The highest BCUT2D eigenvalue weighted by Gasteiger charge is 2.24. The van der Waals surface area contributed by atoms with Gasteiger partial charge in [0.25, 0.3) is 5.56 Å². The van der Waals surface area contributed by atoms with Crippen LogP contribution >= 0.6 is 0 Å². The molecule has 3 aromatic rings. The summed E-state index contributed by atoms with van der Waals surface area (Å²) in [5.74, 6) is 0.906. The van der Waals surface area contributed by atoms with Gasteiger partial charge in [-0.05, 0) is 31.9 Å². The van der Waals surface area contributed by atoms with Gasteiger partial charge in [0.2, 0.25) is 0 Å². The van der Waals surface area contributed by atoms with E-state index in [2.05, 4.69) is 16.0 Å². The molecule has 0 amide bonds. The van der Waals surface area contributed by atoms with E-state index in [9.17, 15) is 14.9 Å². The van der Waals surface area contributed by atoms with Gasteiger partial charge in [-0.1, -0.05) is 0 Å². The van der Waals surface area contributed by atoms with Crippen molar-refractivity contribution in [3.8, 4) is 6.07 Å². The molecule has 0 radical (unpaired) electrons. The molecule has 4 rings (SSSR count). The largest absolute Gasteiger partial charge is 0.356 e. The summed E-state index contributed by atoms with van der Waals surface area (Å²) >= 11 is 0. The van der Waals surface area contributed by atoms with Crippen molar-refractivity contribution in [2.75, 3.05) is 18.0 Å². The smallest absolute Gasteiger partial charge is 0.331 e. The van der Waals surface area contributed by atoms with E-state index in [4.69, 9.17) is 5.73 Å². The Morgan fingerprint density at radius 2 is 2.13 bits per heavy atom. The lowest BCUT2D eigenvalue weighted by molar-refractivity contribution is 0.498. The highest BCUT2D eigenvalue weighted by Crippen LogP contribution is 2.26. The quantitative estimate of drug-likeness (QED) is 0.683. The lowest BCUT2D eigenvalue weighted by Crippen LogP contribution is -2.43. The number of nitrogens with two attached hydrogens (primary N) is 1. The first-order valence-corrected chi connectivity index (χ1v) is 10.1. The van der Waals surface area contributed by atoms with E-state index in [-0.39, 0.29) is 18.1 Å². The van der Waals surface area contributed by atoms with E-state index in [1.54, 1.807) is 25.4 Å². The second kappa shape index (κ2) is 7.80. The van der Waals surface area contributed by atoms with Crippen LogP contribution in [0, 0.1) is 11.3 Å². The number of nitrogens with zero attached hydrogens (tertiary/aromatic N) is 6. The maximum Gasteiger partial charge on any atom is 0.331 e. The van der Waals surface area contributed by atoms with Crippen LogP contribution < -0.4 is 21.9 Å². The third-order valence-electron chi connectivity index (χ3n) is 5.80. The number of rotatable bonds is 4. The van der Waals surface area contributed by atoms with Crippen molar-refractivity contribution in [1.82, 2.24) is 18.7 Å². The van der Waals surface area contributed by atoms with E-state index in [1.165, 1.54) is 4.57 Å². The first-order chi connectivity index (χ1) is 14.5. The third-order valence-corrected chi connectivity index (χ3v) is 5.80. The molecule has 9 nitrogen and oxygen atoms in total. The number of hydrogen-bond acceptors (Lipinski definition) is 6.